The first kappa shape index (κ1) is 7.94. The molecule has 1 N–H and O–H groups in total. The summed E-state index contributed by atoms with van der Waals surface area (Å²) in [7, 11) is 0. The molecule has 0 atom stereocenters. The van der Waals surface area contributed by atoms with Gasteiger partial charge in [-0.2, -0.15) is 0 Å². The van der Waals surface area contributed by atoms with Crippen molar-refractivity contribution in [1.29, 1.82) is 0 Å². The van der Waals surface area contributed by atoms with Crippen LogP contribution in [-0.4, -0.2) is 4.98 Å². The van der Waals surface area contributed by atoms with E-state index in [0.717, 1.165) is 9.98 Å². The van der Waals surface area contributed by atoms with Gasteiger partial charge in [-0.05, 0) is 22.0 Å². The molecule has 5 heteroatoms. The van der Waals surface area contributed by atoms with Crippen LogP contribution in [0.15, 0.2) is 20.8 Å². The summed E-state index contributed by atoms with van der Waals surface area (Å²) >= 11 is 4.42. The van der Waals surface area contributed by atoms with Gasteiger partial charge in [0.15, 0.2) is 0 Å². The normalized spacial score (nSPS) is 10.8. The minimum Gasteiger partial charge on any atom is -0.325 e. The fraction of sp³-hybridized carbons (Fsp3) is 0. The molecule has 2 aromatic rings. The molecule has 2 nitrogen and oxygen atoms in total. The Bertz CT molecular complexity index is 490. The standard InChI is InChI=1S/C7H3BrFNOS/c8-5-1-3-4(9)2-10-7(11)6(3)12-5/h1-2H,(H,10,11). The van der Waals surface area contributed by atoms with E-state index >= 15 is 0 Å². The van der Waals surface area contributed by atoms with Gasteiger partial charge in [0.25, 0.3) is 5.56 Å². The van der Waals surface area contributed by atoms with Gasteiger partial charge >= 0.3 is 0 Å². The van der Waals surface area contributed by atoms with E-state index in [4.69, 9.17) is 0 Å². The zero-order valence-electron chi connectivity index (χ0n) is 5.73. The quantitative estimate of drug-likeness (QED) is 0.763. The Morgan fingerprint density at radius 3 is 3.00 bits per heavy atom. The smallest absolute Gasteiger partial charge is 0.266 e. The van der Waals surface area contributed by atoms with Crippen molar-refractivity contribution in [3.63, 3.8) is 0 Å². The van der Waals surface area contributed by atoms with Gasteiger partial charge in [0.05, 0.1) is 3.79 Å². The Kier molecular flexibility index (Phi) is 1.77. The average molecular weight is 248 g/mol. The molecule has 2 rings (SSSR count). The van der Waals surface area contributed by atoms with Gasteiger partial charge in [-0.25, -0.2) is 4.39 Å². The third-order valence-electron chi connectivity index (χ3n) is 1.50. The number of rotatable bonds is 0. The summed E-state index contributed by atoms with van der Waals surface area (Å²) in [6, 6.07) is 1.60. The second kappa shape index (κ2) is 2.67. The number of fused-ring (bicyclic) bond motifs is 1. The molecule has 0 aliphatic carbocycles. The summed E-state index contributed by atoms with van der Waals surface area (Å²) in [6.45, 7) is 0. The first-order chi connectivity index (χ1) is 5.68. The lowest BCUT2D eigenvalue weighted by Gasteiger charge is -1.88. The van der Waals surface area contributed by atoms with Crippen molar-refractivity contribution >= 4 is 37.4 Å². The molecule has 0 unspecified atom stereocenters. The topological polar surface area (TPSA) is 32.9 Å². The lowest BCUT2D eigenvalue weighted by Crippen LogP contribution is -2.03. The van der Waals surface area contributed by atoms with Crippen molar-refractivity contribution in [3.05, 3.63) is 32.2 Å². The molecule has 2 aromatic heterocycles. The second-order valence-electron chi connectivity index (χ2n) is 2.26. The number of nitrogens with one attached hydrogen (secondary N) is 1. The predicted molar refractivity (Wildman–Crippen MR) is 50.1 cm³/mol. The van der Waals surface area contributed by atoms with Crippen molar-refractivity contribution < 1.29 is 4.39 Å². The monoisotopic (exact) mass is 247 g/mol. The van der Waals surface area contributed by atoms with E-state index in [2.05, 4.69) is 20.9 Å². The third kappa shape index (κ3) is 1.09. The maximum atomic E-state index is 13.0. The van der Waals surface area contributed by atoms with Crippen molar-refractivity contribution in [2.45, 2.75) is 0 Å². The Morgan fingerprint density at radius 2 is 2.33 bits per heavy atom. The van der Waals surface area contributed by atoms with E-state index in [-0.39, 0.29) is 5.56 Å². The second-order valence-corrected chi connectivity index (χ2v) is 4.69. The van der Waals surface area contributed by atoms with E-state index in [1.165, 1.54) is 11.3 Å². The number of pyridine rings is 1. The summed E-state index contributed by atoms with van der Waals surface area (Å²) in [6.07, 6.45) is 1.07. The molecule has 0 saturated heterocycles. The number of H-pyrrole nitrogens is 1. The van der Waals surface area contributed by atoms with E-state index < -0.39 is 5.82 Å². The number of hydrogen-bond donors (Lipinski definition) is 1. The van der Waals surface area contributed by atoms with Crippen LogP contribution in [0.25, 0.3) is 10.1 Å². The van der Waals surface area contributed by atoms with Crippen LogP contribution in [0.5, 0.6) is 0 Å². The molecule has 0 amide bonds. The van der Waals surface area contributed by atoms with Crippen LogP contribution >= 0.6 is 27.3 Å². The highest BCUT2D eigenvalue weighted by Crippen LogP contribution is 2.28. The Morgan fingerprint density at radius 1 is 1.58 bits per heavy atom. The molecule has 12 heavy (non-hydrogen) atoms. The lowest BCUT2D eigenvalue weighted by molar-refractivity contribution is 0.633. The molecule has 62 valence electrons. The van der Waals surface area contributed by atoms with Crippen LogP contribution in [0.3, 0.4) is 0 Å². The fourth-order valence-corrected chi connectivity index (χ4v) is 2.48. The maximum absolute atomic E-state index is 13.0. The van der Waals surface area contributed by atoms with E-state index in [0.29, 0.717) is 10.1 Å². The van der Waals surface area contributed by atoms with E-state index in [1.807, 2.05) is 0 Å². The van der Waals surface area contributed by atoms with Crippen LogP contribution in [0, 0.1) is 5.82 Å². The molecule has 0 radical (unpaired) electrons. The minimum atomic E-state index is -0.397. The summed E-state index contributed by atoms with van der Waals surface area (Å²) in [5.41, 5.74) is -0.248. The van der Waals surface area contributed by atoms with Crippen molar-refractivity contribution in [3.8, 4) is 0 Å². The van der Waals surface area contributed by atoms with Crippen molar-refractivity contribution in [1.82, 2.24) is 4.98 Å². The summed E-state index contributed by atoms with van der Waals surface area (Å²) in [5, 5.41) is 0.371. The zero-order valence-corrected chi connectivity index (χ0v) is 8.13. The van der Waals surface area contributed by atoms with E-state index in [1.54, 1.807) is 6.07 Å². The Hall–Kier alpha value is -0.680. The minimum absolute atomic E-state index is 0.248. The van der Waals surface area contributed by atoms with Crippen LogP contribution in [0.1, 0.15) is 0 Å². The first-order valence-electron chi connectivity index (χ1n) is 3.15. The van der Waals surface area contributed by atoms with Gasteiger partial charge in [0.2, 0.25) is 0 Å². The predicted octanol–water partition coefficient (Wildman–Crippen LogP) is 2.49. The highest BCUT2D eigenvalue weighted by atomic mass is 79.9. The number of aromatic nitrogens is 1. The summed E-state index contributed by atoms with van der Waals surface area (Å²) in [4.78, 5) is 13.4. The number of thiophene rings is 1. The van der Waals surface area contributed by atoms with E-state index in [9.17, 15) is 9.18 Å². The highest BCUT2D eigenvalue weighted by Gasteiger charge is 2.07. The largest absolute Gasteiger partial charge is 0.325 e. The molecule has 2 heterocycles. The van der Waals surface area contributed by atoms with Crippen LogP contribution in [0.2, 0.25) is 0 Å². The van der Waals surface area contributed by atoms with Crippen LogP contribution in [0.4, 0.5) is 4.39 Å². The van der Waals surface area contributed by atoms with Gasteiger partial charge in [0, 0.05) is 11.6 Å². The van der Waals surface area contributed by atoms with Crippen molar-refractivity contribution in [2.75, 3.05) is 0 Å². The molecule has 0 aliphatic heterocycles. The van der Waals surface area contributed by atoms with Crippen LogP contribution < -0.4 is 5.56 Å². The average Bonchev–Trinajstić information content (AvgIpc) is 2.41. The van der Waals surface area contributed by atoms with Crippen molar-refractivity contribution in [2.24, 2.45) is 0 Å². The molecule has 0 saturated carbocycles. The molecule has 0 fully saturated rings. The Labute approximate surface area is 79.2 Å². The lowest BCUT2D eigenvalue weighted by atomic mass is 10.3. The zero-order chi connectivity index (χ0) is 8.72. The third-order valence-corrected chi connectivity index (χ3v) is 3.13. The molecule has 0 bridgehead atoms. The van der Waals surface area contributed by atoms with Gasteiger partial charge in [-0.3, -0.25) is 4.79 Å². The summed E-state index contributed by atoms with van der Waals surface area (Å²) in [5.74, 6) is -0.397. The Balaban J connectivity index is 3.03. The van der Waals surface area contributed by atoms with Gasteiger partial charge in [0.1, 0.15) is 10.5 Å². The fourth-order valence-electron chi connectivity index (χ4n) is 0.979. The SMILES string of the molecule is O=c1[nH]cc(F)c2cc(Br)sc12. The number of aromatic amines is 1. The van der Waals surface area contributed by atoms with Gasteiger partial charge < -0.3 is 4.98 Å². The molecular weight excluding hydrogens is 245 g/mol. The van der Waals surface area contributed by atoms with Gasteiger partial charge in [-0.1, -0.05) is 0 Å². The molecule has 0 spiro atoms. The first-order valence-corrected chi connectivity index (χ1v) is 4.75. The highest BCUT2D eigenvalue weighted by molar-refractivity contribution is 9.11. The summed E-state index contributed by atoms with van der Waals surface area (Å²) < 4.78 is 14.2. The number of halogens is 2. The van der Waals surface area contributed by atoms with Crippen LogP contribution in [-0.2, 0) is 0 Å². The maximum Gasteiger partial charge on any atom is 0.266 e. The molecule has 0 aliphatic rings. The number of hydrogen-bond acceptors (Lipinski definition) is 2. The molecule has 0 aromatic carbocycles. The van der Waals surface area contributed by atoms with Gasteiger partial charge in [-0.15, -0.1) is 11.3 Å². The molecular formula is C7H3BrFNOS.